The van der Waals surface area contributed by atoms with Crippen molar-refractivity contribution in [3.05, 3.63) is 28.8 Å². The number of nitrogens with zero attached hydrogens (tertiary/aromatic N) is 1. The molecule has 2 aromatic heterocycles. The zero-order chi connectivity index (χ0) is 9.26. The van der Waals surface area contributed by atoms with Gasteiger partial charge in [-0.3, -0.25) is 5.10 Å². The molecule has 0 aliphatic rings. The van der Waals surface area contributed by atoms with Gasteiger partial charge >= 0.3 is 0 Å². The van der Waals surface area contributed by atoms with E-state index in [-0.39, 0.29) is 0 Å². The van der Waals surface area contributed by atoms with Gasteiger partial charge in [0.1, 0.15) is 5.69 Å². The Hall–Kier alpha value is -1.13. The lowest BCUT2D eigenvalue weighted by atomic mass is 10.3. The molecule has 0 atom stereocenters. The Morgan fingerprint density at radius 1 is 1.54 bits per heavy atom. The third-order valence-electron chi connectivity index (χ3n) is 1.83. The molecule has 3 N–H and O–H groups in total. The molecule has 0 aliphatic carbocycles. The summed E-state index contributed by atoms with van der Waals surface area (Å²) in [7, 11) is 0. The van der Waals surface area contributed by atoms with Crippen LogP contribution in [0.5, 0.6) is 0 Å². The third kappa shape index (κ3) is 1.64. The van der Waals surface area contributed by atoms with Crippen molar-refractivity contribution >= 4 is 11.3 Å². The van der Waals surface area contributed by atoms with Crippen molar-refractivity contribution in [2.24, 2.45) is 5.73 Å². The first-order valence-corrected chi connectivity index (χ1v) is 4.97. The molecule has 4 heteroatoms. The van der Waals surface area contributed by atoms with E-state index >= 15 is 0 Å². The predicted octanol–water partition coefficient (Wildman–Crippen LogP) is 1.91. The quantitative estimate of drug-likeness (QED) is 0.765. The highest BCUT2D eigenvalue weighted by atomic mass is 32.1. The molecule has 0 saturated heterocycles. The topological polar surface area (TPSA) is 54.7 Å². The highest BCUT2D eigenvalue weighted by Crippen LogP contribution is 2.25. The van der Waals surface area contributed by atoms with Crippen LogP contribution in [0.15, 0.2) is 17.5 Å². The number of aromatic amines is 1. The Bertz CT molecular complexity index is 402. The minimum absolute atomic E-state index is 0.511. The van der Waals surface area contributed by atoms with E-state index < -0.39 is 0 Å². The molecule has 0 spiro atoms. The number of hydrogen-bond donors (Lipinski definition) is 2. The molecule has 0 saturated carbocycles. The minimum atomic E-state index is 0.511. The Morgan fingerprint density at radius 2 is 2.38 bits per heavy atom. The lowest BCUT2D eigenvalue weighted by molar-refractivity contribution is 0.949. The van der Waals surface area contributed by atoms with E-state index in [2.05, 4.69) is 28.6 Å². The van der Waals surface area contributed by atoms with Gasteiger partial charge in [-0.1, -0.05) is 0 Å². The van der Waals surface area contributed by atoms with Gasteiger partial charge in [-0.05, 0) is 30.0 Å². The van der Waals surface area contributed by atoms with Crippen molar-refractivity contribution in [1.82, 2.24) is 10.2 Å². The van der Waals surface area contributed by atoms with Crippen molar-refractivity contribution < 1.29 is 0 Å². The van der Waals surface area contributed by atoms with Crippen molar-refractivity contribution in [3.63, 3.8) is 0 Å². The van der Waals surface area contributed by atoms with Crippen molar-refractivity contribution in [1.29, 1.82) is 0 Å². The molecule has 68 valence electrons. The van der Waals surface area contributed by atoms with Gasteiger partial charge in [-0.25, -0.2) is 0 Å². The standard InChI is InChI=1S/C9H11N3S/c1-6-2-9(13-5-6)8-3-7(4-10)11-12-8/h2-3,5H,4,10H2,1H3,(H,11,12). The first-order chi connectivity index (χ1) is 6.29. The number of nitrogens with one attached hydrogen (secondary N) is 1. The molecule has 0 bridgehead atoms. The summed E-state index contributed by atoms with van der Waals surface area (Å²) in [5.41, 5.74) is 8.71. The minimum Gasteiger partial charge on any atom is -0.325 e. The summed E-state index contributed by atoms with van der Waals surface area (Å²) in [6.45, 7) is 2.59. The lowest BCUT2D eigenvalue weighted by Gasteiger charge is -1.85. The summed E-state index contributed by atoms with van der Waals surface area (Å²) in [6, 6.07) is 4.12. The number of nitrogens with two attached hydrogens (primary N) is 1. The Labute approximate surface area is 80.6 Å². The molecular formula is C9H11N3S. The number of hydrogen-bond acceptors (Lipinski definition) is 3. The fraction of sp³-hybridized carbons (Fsp3) is 0.222. The Kier molecular flexibility index (Phi) is 2.16. The SMILES string of the molecule is Cc1csc(-c2cc(CN)[nH]n2)c1. The maximum atomic E-state index is 5.48. The van der Waals surface area contributed by atoms with Gasteiger partial charge in [-0.2, -0.15) is 5.10 Å². The first-order valence-electron chi connectivity index (χ1n) is 4.09. The molecule has 2 heterocycles. The van der Waals surface area contributed by atoms with Crippen LogP contribution in [0.25, 0.3) is 10.6 Å². The summed E-state index contributed by atoms with van der Waals surface area (Å²) >= 11 is 1.70. The number of H-pyrrole nitrogens is 1. The van der Waals surface area contributed by atoms with Crippen LogP contribution in [0.4, 0.5) is 0 Å². The van der Waals surface area contributed by atoms with E-state index in [0.29, 0.717) is 6.54 Å². The normalized spacial score (nSPS) is 10.6. The summed E-state index contributed by atoms with van der Waals surface area (Å²) in [5.74, 6) is 0. The third-order valence-corrected chi connectivity index (χ3v) is 2.90. The average molecular weight is 193 g/mol. The van der Waals surface area contributed by atoms with Crippen LogP contribution in [0.3, 0.4) is 0 Å². The lowest BCUT2D eigenvalue weighted by Crippen LogP contribution is -1.95. The number of thiophene rings is 1. The molecule has 0 amide bonds. The van der Waals surface area contributed by atoms with Gasteiger partial charge in [0.25, 0.3) is 0 Å². The summed E-state index contributed by atoms with van der Waals surface area (Å²) in [5, 5.41) is 9.19. The van der Waals surface area contributed by atoms with Crippen molar-refractivity contribution in [3.8, 4) is 10.6 Å². The maximum absolute atomic E-state index is 5.48. The van der Waals surface area contributed by atoms with E-state index in [4.69, 9.17) is 5.73 Å². The van der Waals surface area contributed by atoms with E-state index in [1.807, 2.05) is 6.07 Å². The summed E-state index contributed by atoms with van der Waals surface area (Å²) < 4.78 is 0. The molecule has 0 unspecified atom stereocenters. The van der Waals surface area contributed by atoms with Crippen LogP contribution in [0, 0.1) is 6.92 Å². The van der Waals surface area contributed by atoms with Gasteiger partial charge in [0.15, 0.2) is 0 Å². The second-order valence-electron chi connectivity index (χ2n) is 2.97. The molecular weight excluding hydrogens is 182 g/mol. The average Bonchev–Trinajstić information content (AvgIpc) is 2.71. The van der Waals surface area contributed by atoms with Gasteiger partial charge in [0, 0.05) is 12.2 Å². The van der Waals surface area contributed by atoms with E-state index in [1.54, 1.807) is 11.3 Å². The molecule has 2 rings (SSSR count). The van der Waals surface area contributed by atoms with Crippen LogP contribution in [-0.2, 0) is 6.54 Å². The van der Waals surface area contributed by atoms with Crippen molar-refractivity contribution in [2.75, 3.05) is 0 Å². The van der Waals surface area contributed by atoms with E-state index in [9.17, 15) is 0 Å². The van der Waals surface area contributed by atoms with Crippen LogP contribution in [-0.4, -0.2) is 10.2 Å². The molecule has 0 fully saturated rings. The van der Waals surface area contributed by atoms with Gasteiger partial charge in [-0.15, -0.1) is 11.3 Å². The van der Waals surface area contributed by atoms with E-state index in [0.717, 1.165) is 11.4 Å². The highest BCUT2D eigenvalue weighted by molar-refractivity contribution is 7.13. The molecule has 3 nitrogen and oxygen atoms in total. The smallest absolute Gasteiger partial charge is 0.102 e. The predicted molar refractivity (Wildman–Crippen MR) is 54.5 cm³/mol. The Morgan fingerprint density at radius 3 is 2.92 bits per heavy atom. The van der Waals surface area contributed by atoms with Crippen LogP contribution >= 0.6 is 11.3 Å². The maximum Gasteiger partial charge on any atom is 0.102 e. The fourth-order valence-electron chi connectivity index (χ4n) is 1.16. The van der Waals surface area contributed by atoms with Crippen LogP contribution < -0.4 is 5.73 Å². The molecule has 0 radical (unpaired) electrons. The molecule has 0 aliphatic heterocycles. The number of aromatic nitrogens is 2. The molecule has 0 aromatic carbocycles. The Balaban J connectivity index is 2.35. The van der Waals surface area contributed by atoms with Gasteiger partial charge in [0.05, 0.1) is 4.88 Å². The number of aryl methyl sites for hydroxylation is 1. The first kappa shape index (κ1) is 8.47. The highest BCUT2D eigenvalue weighted by Gasteiger charge is 2.04. The van der Waals surface area contributed by atoms with Gasteiger partial charge < -0.3 is 5.73 Å². The van der Waals surface area contributed by atoms with Crippen LogP contribution in [0.1, 0.15) is 11.3 Å². The zero-order valence-corrected chi connectivity index (χ0v) is 8.19. The van der Waals surface area contributed by atoms with Crippen LogP contribution in [0.2, 0.25) is 0 Å². The van der Waals surface area contributed by atoms with Gasteiger partial charge in [0.2, 0.25) is 0 Å². The summed E-state index contributed by atoms with van der Waals surface area (Å²) in [6.07, 6.45) is 0. The number of rotatable bonds is 2. The second kappa shape index (κ2) is 3.32. The largest absolute Gasteiger partial charge is 0.325 e. The van der Waals surface area contributed by atoms with E-state index in [1.165, 1.54) is 10.4 Å². The zero-order valence-electron chi connectivity index (χ0n) is 7.37. The fourth-order valence-corrected chi connectivity index (χ4v) is 2.02. The molecule has 13 heavy (non-hydrogen) atoms. The monoisotopic (exact) mass is 193 g/mol. The second-order valence-corrected chi connectivity index (χ2v) is 3.88. The summed E-state index contributed by atoms with van der Waals surface area (Å²) in [4.78, 5) is 1.19. The molecule has 2 aromatic rings. The van der Waals surface area contributed by atoms with Crippen molar-refractivity contribution in [2.45, 2.75) is 13.5 Å².